The molecule has 0 aliphatic carbocycles. The molecule has 1 aromatic heterocycles. The van der Waals surface area contributed by atoms with Gasteiger partial charge in [0.25, 0.3) is 0 Å². The van der Waals surface area contributed by atoms with Crippen LogP contribution in [0.5, 0.6) is 0 Å². The highest BCUT2D eigenvalue weighted by Crippen LogP contribution is 2.22. The average molecular weight is 306 g/mol. The zero-order valence-corrected chi connectivity index (χ0v) is 12.7. The first-order valence-electron chi connectivity index (χ1n) is 6.95. The Balaban J connectivity index is 1.79. The van der Waals surface area contributed by atoms with Crippen LogP contribution in [0.2, 0.25) is 0 Å². The molecule has 1 aromatic carbocycles. The van der Waals surface area contributed by atoms with Crippen LogP contribution in [0.25, 0.3) is 11.4 Å². The SMILES string of the molecule is Cn1cnnc1-c1cccc(NC2CCCS(=O)(=O)C2)c1. The molecule has 6 nitrogen and oxygen atoms in total. The van der Waals surface area contributed by atoms with E-state index in [1.165, 1.54) is 0 Å². The fourth-order valence-electron chi connectivity index (χ4n) is 2.67. The number of aromatic nitrogens is 3. The van der Waals surface area contributed by atoms with Crippen molar-refractivity contribution in [1.82, 2.24) is 14.8 Å². The summed E-state index contributed by atoms with van der Waals surface area (Å²) in [4.78, 5) is 0. The third-order valence-corrected chi connectivity index (χ3v) is 5.49. The summed E-state index contributed by atoms with van der Waals surface area (Å²) in [6.45, 7) is 0. The number of nitrogens with zero attached hydrogens (tertiary/aromatic N) is 3. The van der Waals surface area contributed by atoms with Gasteiger partial charge in [0.1, 0.15) is 6.33 Å². The smallest absolute Gasteiger partial charge is 0.163 e. The Morgan fingerprint density at radius 2 is 2.24 bits per heavy atom. The molecule has 2 aromatic rings. The van der Waals surface area contributed by atoms with Gasteiger partial charge in [0.2, 0.25) is 0 Å². The number of rotatable bonds is 3. The van der Waals surface area contributed by atoms with Gasteiger partial charge in [0.05, 0.1) is 11.5 Å². The predicted octanol–water partition coefficient (Wildman–Crippen LogP) is 1.47. The lowest BCUT2D eigenvalue weighted by atomic mass is 10.1. The predicted molar refractivity (Wildman–Crippen MR) is 81.7 cm³/mol. The van der Waals surface area contributed by atoms with E-state index in [1.54, 1.807) is 6.33 Å². The molecular weight excluding hydrogens is 288 g/mol. The lowest BCUT2D eigenvalue weighted by Gasteiger charge is -2.24. The van der Waals surface area contributed by atoms with Crippen molar-refractivity contribution in [2.75, 3.05) is 16.8 Å². The third-order valence-electron chi connectivity index (χ3n) is 3.67. The molecule has 0 radical (unpaired) electrons. The summed E-state index contributed by atoms with van der Waals surface area (Å²) >= 11 is 0. The van der Waals surface area contributed by atoms with Crippen molar-refractivity contribution in [2.24, 2.45) is 7.05 Å². The van der Waals surface area contributed by atoms with Crippen LogP contribution < -0.4 is 5.32 Å². The van der Waals surface area contributed by atoms with Gasteiger partial charge in [-0.1, -0.05) is 12.1 Å². The molecule has 21 heavy (non-hydrogen) atoms. The van der Waals surface area contributed by atoms with Crippen LogP contribution in [-0.2, 0) is 16.9 Å². The maximum absolute atomic E-state index is 11.7. The van der Waals surface area contributed by atoms with E-state index in [2.05, 4.69) is 15.5 Å². The van der Waals surface area contributed by atoms with Crippen LogP contribution in [0.4, 0.5) is 5.69 Å². The standard InChI is InChI=1S/C14H18N4O2S/c1-18-10-15-17-14(18)11-4-2-5-12(8-11)16-13-6-3-7-21(19,20)9-13/h2,4-5,8,10,13,16H,3,6-7,9H2,1H3. The molecule has 0 saturated carbocycles. The van der Waals surface area contributed by atoms with E-state index >= 15 is 0 Å². The minimum atomic E-state index is -2.90. The molecule has 2 heterocycles. The highest BCUT2D eigenvalue weighted by atomic mass is 32.2. The lowest BCUT2D eigenvalue weighted by Crippen LogP contribution is -2.34. The Morgan fingerprint density at radius 3 is 2.95 bits per heavy atom. The van der Waals surface area contributed by atoms with Crippen LogP contribution in [0.1, 0.15) is 12.8 Å². The summed E-state index contributed by atoms with van der Waals surface area (Å²) < 4.78 is 25.2. The molecule has 7 heteroatoms. The molecule has 1 unspecified atom stereocenters. The average Bonchev–Trinajstić information content (AvgIpc) is 2.84. The third kappa shape index (κ3) is 3.24. The van der Waals surface area contributed by atoms with Crippen molar-refractivity contribution in [1.29, 1.82) is 0 Å². The van der Waals surface area contributed by atoms with Crippen LogP contribution >= 0.6 is 0 Å². The molecule has 0 bridgehead atoms. The van der Waals surface area contributed by atoms with Gasteiger partial charge >= 0.3 is 0 Å². The van der Waals surface area contributed by atoms with E-state index in [1.807, 2.05) is 35.9 Å². The Bertz CT molecular complexity index is 739. The molecular formula is C14H18N4O2S. The van der Waals surface area contributed by atoms with Gasteiger partial charge in [-0.2, -0.15) is 0 Å². The summed E-state index contributed by atoms with van der Waals surface area (Å²) in [5.74, 6) is 1.31. The Kier molecular flexibility index (Phi) is 3.67. The first-order chi connectivity index (χ1) is 10.0. The second-order valence-electron chi connectivity index (χ2n) is 5.44. The van der Waals surface area contributed by atoms with E-state index in [-0.39, 0.29) is 11.8 Å². The van der Waals surface area contributed by atoms with Crippen molar-refractivity contribution < 1.29 is 8.42 Å². The first kappa shape index (κ1) is 14.1. The van der Waals surface area contributed by atoms with Crippen molar-refractivity contribution in [3.05, 3.63) is 30.6 Å². The first-order valence-corrected chi connectivity index (χ1v) is 8.77. The summed E-state index contributed by atoms with van der Waals surface area (Å²) in [5.41, 5.74) is 1.87. The summed E-state index contributed by atoms with van der Waals surface area (Å²) in [5, 5.41) is 11.3. The Hall–Kier alpha value is -1.89. The highest BCUT2D eigenvalue weighted by molar-refractivity contribution is 7.91. The van der Waals surface area contributed by atoms with E-state index in [9.17, 15) is 8.42 Å². The summed E-state index contributed by atoms with van der Waals surface area (Å²) in [6.07, 6.45) is 3.26. The maximum atomic E-state index is 11.7. The lowest BCUT2D eigenvalue weighted by molar-refractivity contribution is 0.562. The van der Waals surface area contributed by atoms with Crippen molar-refractivity contribution in [3.63, 3.8) is 0 Å². The molecule has 1 fully saturated rings. The summed E-state index contributed by atoms with van der Waals surface area (Å²) in [6, 6.07) is 7.81. The second-order valence-corrected chi connectivity index (χ2v) is 7.67. The molecule has 3 rings (SSSR count). The minimum absolute atomic E-state index is 0.0153. The zero-order chi connectivity index (χ0) is 14.9. The summed E-state index contributed by atoms with van der Waals surface area (Å²) in [7, 11) is -1.01. The van der Waals surface area contributed by atoms with Crippen molar-refractivity contribution >= 4 is 15.5 Å². The fraction of sp³-hybridized carbons (Fsp3) is 0.429. The molecule has 0 spiro atoms. The fourth-order valence-corrected chi connectivity index (χ4v) is 4.30. The molecule has 1 aliphatic heterocycles. The topological polar surface area (TPSA) is 76.9 Å². The number of hydrogen-bond donors (Lipinski definition) is 1. The Morgan fingerprint density at radius 1 is 1.38 bits per heavy atom. The van der Waals surface area contributed by atoms with Gasteiger partial charge in [0.15, 0.2) is 15.7 Å². The van der Waals surface area contributed by atoms with E-state index in [0.717, 1.165) is 29.9 Å². The largest absolute Gasteiger partial charge is 0.381 e. The number of benzene rings is 1. The molecule has 1 aliphatic rings. The number of aryl methyl sites for hydroxylation is 1. The highest BCUT2D eigenvalue weighted by Gasteiger charge is 2.24. The van der Waals surface area contributed by atoms with E-state index < -0.39 is 9.84 Å². The number of nitrogens with one attached hydrogen (secondary N) is 1. The van der Waals surface area contributed by atoms with Gasteiger partial charge < -0.3 is 9.88 Å². The monoisotopic (exact) mass is 306 g/mol. The van der Waals surface area contributed by atoms with Gasteiger partial charge in [-0.3, -0.25) is 0 Å². The normalized spacial score (nSPS) is 21.1. The van der Waals surface area contributed by atoms with Crippen molar-refractivity contribution in [2.45, 2.75) is 18.9 Å². The number of hydrogen-bond acceptors (Lipinski definition) is 5. The van der Waals surface area contributed by atoms with E-state index in [0.29, 0.717) is 5.75 Å². The van der Waals surface area contributed by atoms with Gasteiger partial charge in [-0.25, -0.2) is 8.42 Å². The van der Waals surface area contributed by atoms with Gasteiger partial charge in [0, 0.05) is 24.3 Å². The van der Waals surface area contributed by atoms with Gasteiger partial charge in [-0.05, 0) is 25.0 Å². The number of anilines is 1. The minimum Gasteiger partial charge on any atom is -0.381 e. The van der Waals surface area contributed by atoms with Crippen LogP contribution in [0.15, 0.2) is 30.6 Å². The second kappa shape index (κ2) is 5.48. The molecule has 1 saturated heterocycles. The molecule has 1 N–H and O–H groups in total. The van der Waals surface area contributed by atoms with Crippen LogP contribution in [-0.4, -0.2) is 40.7 Å². The van der Waals surface area contributed by atoms with Crippen molar-refractivity contribution in [3.8, 4) is 11.4 Å². The van der Waals surface area contributed by atoms with Crippen LogP contribution in [0, 0.1) is 0 Å². The molecule has 1 atom stereocenters. The molecule has 112 valence electrons. The Labute approximate surface area is 124 Å². The maximum Gasteiger partial charge on any atom is 0.163 e. The quantitative estimate of drug-likeness (QED) is 0.929. The molecule has 0 amide bonds. The van der Waals surface area contributed by atoms with Crippen LogP contribution in [0.3, 0.4) is 0 Å². The van der Waals surface area contributed by atoms with Gasteiger partial charge in [-0.15, -0.1) is 10.2 Å². The van der Waals surface area contributed by atoms with E-state index in [4.69, 9.17) is 0 Å². The zero-order valence-electron chi connectivity index (χ0n) is 11.9. The number of sulfone groups is 1.